The molecule has 158 valence electrons. The Morgan fingerprint density at radius 2 is 1.87 bits per heavy atom. The Morgan fingerprint density at radius 3 is 2.57 bits per heavy atom. The third-order valence-corrected chi connectivity index (χ3v) is 4.26. The first-order valence-electron chi connectivity index (χ1n) is 9.25. The van der Waals surface area contributed by atoms with Crippen molar-refractivity contribution in [3.05, 3.63) is 72.1 Å². The second-order valence-corrected chi connectivity index (χ2v) is 6.22. The minimum Gasteiger partial charge on any atom is -0.497 e. The quantitative estimate of drug-likeness (QED) is 0.436. The normalized spacial score (nSPS) is 11.4. The molecular weight excluding hydrogens is 392 g/mol. The Morgan fingerprint density at radius 1 is 1.10 bits per heavy atom. The summed E-state index contributed by atoms with van der Waals surface area (Å²) in [7, 11) is 3.13. The number of alkyl halides is 2. The lowest BCUT2D eigenvalue weighted by atomic mass is 10.2. The van der Waals surface area contributed by atoms with Gasteiger partial charge in [0.05, 0.1) is 25.0 Å². The molecule has 3 aromatic rings. The van der Waals surface area contributed by atoms with Gasteiger partial charge in [0, 0.05) is 25.4 Å². The number of hydrogen-bond donors (Lipinski definition) is 2. The number of rotatable bonds is 8. The summed E-state index contributed by atoms with van der Waals surface area (Å²) in [4.78, 5) is 4.16. The van der Waals surface area contributed by atoms with Crippen LogP contribution in [-0.2, 0) is 13.1 Å². The van der Waals surface area contributed by atoms with Gasteiger partial charge in [0.1, 0.15) is 11.5 Å². The average Bonchev–Trinajstić information content (AvgIpc) is 3.24. The van der Waals surface area contributed by atoms with Crippen LogP contribution in [0.25, 0.3) is 5.69 Å². The fourth-order valence-corrected chi connectivity index (χ4v) is 2.79. The highest BCUT2D eigenvalue weighted by molar-refractivity contribution is 5.79. The molecule has 0 saturated carbocycles. The Hall–Kier alpha value is -3.62. The lowest BCUT2D eigenvalue weighted by Gasteiger charge is -2.15. The zero-order valence-electron chi connectivity index (χ0n) is 16.7. The highest BCUT2D eigenvalue weighted by Crippen LogP contribution is 2.25. The monoisotopic (exact) mass is 415 g/mol. The molecule has 0 bridgehead atoms. The van der Waals surface area contributed by atoms with Gasteiger partial charge in [-0.05, 0) is 36.4 Å². The van der Waals surface area contributed by atoms with Gasteiger partial charge in [0.2, 0.25) is 0 Å². The molecule has 0 aliphatic rings. The van der Waals surface area contributed by atoms with Crippen LogP contribution in [0.5, 0.6) is 11.5 Å². The van der Waals surface area contributed by atoms with Crippen molar-refractivity contribution in [3.8, 4) is 17.2 Å². The summed E-state index contributed by atoms with van der Waals surface area (Å²) in [5, 5.41) is 10.8. The first-order chi connectivity index (χ1) is 14.6. The van der Waals surface area contributed by atoms with Gasteiger partial charge in [0.25, 0.3) is 0 Å². The lowest BCUT2D eigenvalue weighted by Crippen LogP contribution is -2.36. The van der Waals surface area contributed by atoms with Crippen molar-refractivity contribution in [3.63, 3.8) is 0 Å². The van der Waals surface area contributed by atoms with Crippen LogP contribution in [0, 0.1) is 0 Å². The number of benzene rings is 2. The first kappa shape index (κ1) is 21.1. The van der Waals surface area contributed by atoms with Crippen LogP contribution in [0.15, 0.2) is 65.8 Å². The summed E-state index contributed by atoms with van der Waals surface area (Å²) >= 11 is 0. The van der Waals surface area contributed by atoms with E-state index in [2.05, 4.69) is 25.5 Å². The number of ether oxygens (including phenoxy) is 2. The van der Waals surface area contributed by atoms with Crippen molar-refractivity contribution in [2.45, 2.75) is 19.7 Å². The molecule has 0 aliphatic carbocycles. The molecule has 7 nitrogen and oxygen atoms in total. The van der Waals surface area contributed by atoms with Crippen LogP contribution >= 0.6 is 0 Å². The van der Waals surface area contributed by atoms with E-state index >= 15 is 0 Å². The first-order valence-corrected chi connectivity index (χ1v) is 9.25. The standard InChI is InChI=1S/C21H23F2N5O2/c1-24-21(25-13-15-12-18(29-2)8-9-19(15)30-20(22)23)26-14-16-10-11-28(27-16)17-6-4-3-5-7-17/h3-12,20H,13-14H2,1-2H3,(H2,24,25,26). The van der Waals surface area contributed by atoms with Crippen LogP contribution in [0.1, 0.15) is 11.3 Å². The smallest absolute Gasteiger partial charge is 0.387 e. The van der Waals surface area contributed by atoms with E-state index in [0.717, 1.165) is 11.4 Å². The van der Waals surface area contributed by atoms with E-state index in [1.807, 2.05) is 42.6 Å². The highest BCUT2D eigenvalue weighted by Gasteiger charge is 2.12. The number of aromatic nitrogens is 2. The largest absolute Gasteiger partial charge is 0.497 e. The zero-order chi connectivity index (χ0) is 21.3. The van der Waals surface area contributed by atoms with Crippen molar-refractivity contribution >= 4 is 5.96 Å². The number of nitrogens with one attached hydrogen (secondary N) is 2. The van der Waals surface area contributed by atoms with E-state index in [1.54, 1.807) is 23.9 Å². The molecule has 0 saturated heterocycles. The Labute approximate surface area is 173 Å². The van der Waals surface area contributed by atoms with Gasteiger partial charge in [-0.25, -0.2) is 4.68 Å². The number of hydrogen-bond acceptors (Lipinski definition) is 4. The maximum Gasteiger partial charge on any atom is 0.387 e. The van der Waals surface area contributed by atoms with Gasteiger partial charge in [-0.3, -0.25) is 4.99 Å². The summed E-state index contributed by atoms with van der Waals surface area (Å²) in [5.74, 6) is 1.12. The van der Waals surface area contributed by atoms with E-state index in [4.69, 9.17) is 4.74 Å². The van der Waals surface area contributed by atoms with Crippen LogP contribution < -0.4 is 20.1 Å². The second-order valence-electron chi connectivity index (χ2n) is 6.22. The summed E-state index contributed by atoms with van der Waals surface area (Å²) in [6.45, 7) is -2.25. The van der Waals surface area contributed by atoms with Gasteiger partial charge in [-0.1, -0.05) is 18.2 Å². The van der Waals surface area contributed by atoms with E-state index in [1.165, 1.54) is 13.2 Å². The summed E-state index contributed by atoms with van der Waals surface area (Å²) in [5.41, 5.74) is 2.31. The van der Waals surface area contributed by atoms with Crippen LogP contribution in [0.2, 0.25) is 0 Å². The molecule has 0 unspecified atom stereocenters. The highest BCUT2D eigenvalue weighted by atomic mass is 19.3. The predicted molar refractivity (Wildman–Crippen MR) is 110 cm³/mol. The number of guanidine groups is 1. The van der Waals surface area contributed by atoms with Crippen molar-refractivity contribution in [1.29, 1.82) is 0 Å². The predicted octanol–water partition coefficient (Wildman–Crippen LogP) is 3.35. The summed E-state index contributed by atoms with van der Waals surface area (Å²) in [6, 6.07) is 16.4. The van der Waals surface area contributed by atoms with Gasteiger partial charge in [0.15, 0.2) is 5.96 Å². The number of methoxy groups -OCH3 is 1. The summed E-state index contributed by atoms with van der Waals surface area (Å²) < 4.78 is 36.9. The van der Waals surface area contributed by atoms with Crippen LogP contribution in [0.4, 0.5) is 8.78 Å². The molecule has 2 N–H and O–H groups in total. The maximum atomic E-state index is 12.7. The summed E-state index contributed by atoms with van der Waals surface area (Å²) in [6.07, 6.45) is 1.88. The average molecular weight is 415 g/mol. The minimum atomic E-state index is -2.91. The molecule has 1 heterocycles. The Balaban J connectivity index is 1.60. The third kappa shape index (κ3) is 5.69. The molecule has 0 amide bonds. The van der Waals surface area contributed by atoms with Crippen molar-refractivity contribution in [2.24, 2.45) is 4.99 Å². The van der Waals surface area contributed by atoms with Gasteiger partial charge in [-0.15, -0.1) is 0 Å². The number of aliphatic imine (C=N–C) groups is 1. The molecule has 3 rings (SSSR count). The van der Waals surface area contributed by atoms with E-state index in [9.17, 15) is 8.78 Å². The van der Waals surface area contributed by atoms with Crippen LogP contribution in [-0.4, -0.2) is 36.5 Å². The zero-order valence-corrected chi connectivity index (χ0v) is 16.7. The Kier molecular flexibility index (Phi) is 7.20. The molecule has 0 aliphatic heterocycles. The van der Waals surface area contributed by atoms with Crippen molar-refractivity contribution in [2.75, 3.05) is 14.2 Å². The third-order valence-electron chi connectivity index (χ3n) is 4.26. The van der Waals surface area contributed by atoms with Gasteiger partial charge >= 0.3 is 6.61 Å². The molecular formula is C21H23F2N5O2. The minimum absolute atomic E-state index is 0.0790. The van der Waals surface area contributed by atoms with Crippen LogP contribution in [0.3, 0.4) is 0 Å². The van der Waals surface area contributed by atoms with Crippen molar-refractivity contribution in [1.82, 2.24) is 20.4 Å². The number of nitrogens with zero attached hydrogens (tertiary/aromatic N) is 3. The molecule has 30 heavy (non-hydrogen) atoms. The molecule has 0 radical (unpaired) electrons. The van der Waals surface area contributed by atoms with Crippen molar-refractivity contribution < 1.29 is 18.3 Å². The molecule has 0 atom stereocenters. The molecule has 9 heteroatoms. The second kappa shape index (κ2) is 10.2. The van der Waals surface area contributed by atoms with Gasteiger partial charge < -0.3 is 20.1 Å². The SMILES string of the molecule is CN=C(NCc1ccn(-c2ccccc2)n1)NCc1cc(OC)ccc1OC(F)F. The molecule has 0 spiro atoms. The van der Waals surface area contributed by atoms with E-state index in [-0.39, 0.29) is 12.3 Å². The van der Waals surface area contributed by atoms with E-state index in [0.29, 0.717) is 23.8 Å². The topological polar surface area (TPSA) is 72.7 Å². The fourth-order valence-electron chi connectivity index (χ4n) is 2.79. The molecule has 0 fully saturated rings. The lowest BCUT2D eigenvalue weighted by molar-refractivity contribution is -0.0504. The molecule has 2 aromatic carbocycles. The number of para-hydroxylation sites is 1. The van der Waals surface area contributed by atoms with Gasteiger partial charge in [-0.2, -0.15) is 13.9 Å². The maximum absolute atomic E-state index is 12.7. The fraction of sp³-hybridized carbons (Fsp3) is 0.238. The van der Waals surface area contributed by atoms with E-state index < -0.39 is 6.61 Å². The molecule has 1 aromatic heterocycles. The Bertz CT molecular complexity index is 977. The number of halogens is 2.